The molecule has 2 aromatic carbocycles. The number of hydrogen-bond donors (Lipinski definition) is 1. The summed E-state index contributed by atoms with van der Waals surface area (Å²) in [6.45, 7) is 13.1. The number of ether oxygens (including phenoxy) is 2. The molecule has 0 aliphatic carbocycles. The van der Waals surface area contributed by atoms with Crippen LogP contribution in [0.3, 0.4) is 0 Å². The van der Waals surface area contributed by atoms with Crippen LogP contribution in [0.15, 0.2) is 83.8 Å². The van der Waals surface area contributed by atoms with E-state index in [1.165, 1.54) is 0 Å². The Morgan fingerprint density at radius 2 is 1.78 bits per heavy atom. The maximum atomic E-state index is 13.7. The minimum Gasteiger partial charge on any atom is -0.491 e. The van der Waals surface area contributed by atoms with Crippen LogP contribution in [0.4, 0.5) is 11.5 Å². The number of carbonyl (C=O) groups excluding carboxylic acids is 1. The van der Waals surface area contributed by atoms with E-state index in [4.69, 9.17) is 14.5 Å². The van der Waals surface area contributed by atoms with Crippen molar-refractivity contribution in [1.29, 1.82) is 0 Å². The van der Waals surface area contributed by atoms with Crippen molar-refractivity contribution >= 4 is 34.3 Å². The molecule has 9 nitrogen and oxygen atoms in total. The fourth-order valence-electron chi connectivity index (χ4n) is 5.97. The topological polar surface area (TPSA) is 98.6 Å². The van der Waals surface area contributed by atoms with Crippen molar-refractivity contribution in [3.8, 4) is 16.9 Å². The summed E-state index contributed by atoms with van der Waals surface area (Å²) < 4.78 is 26.6. The first kappa shape index (κ1) is 37.0. The molecule has 1 unspecified atom stereocenters. The number of hydrogen-bond acceptors (Lipinski definition) is 7. The standard InChI is InChI=1S/C40H51N5O4S/c1-5-7-20-48-21-22-49-37-14-10-31(11-15-37)34-24-33-23-32(9-8-19-44(27-30(3)4)39(33)42-25-34)40(46)43-35-12-16-38(17-13-35)50(47)28-36-26-41-29-45(36)18-6-2/h10-17,23-26,29-30H,5-9,18-22,27-28H2,1-4H3,(H,43,46)/b32-23+. The van der Waals surface area contributed by atoms with Gasteiger partial charge in [0.05, 0.1) is 35.2 Å². The van der Waals surface area contributed by atoms with Crippen molar-refractivity contribution in [1.82, 2.24) is 14.5 Å². The summed E-state index contributed by atoms with van der Waals surface area (Å²) in [6.07, 6.45) is 12.1. The van der Waals surface area contributed by atoms with Crippen molar-refractivity contribution in [2.45, 2.75) is 77.0 Å². The van der Waals surface area contributed by atoms with Crippen LogP contribution in [0.25, 0.3) is 17.2 Å². The summed E-state index contributed by atoms with van der Waals surface area (Å²) in [6, 6.07) is 17.4. The van der Waals surface area contributed by atoms with Gasteiger partial charge in [-0.25, -0.2) is 9.97 Å². The number of amides is 1. The van der Waals surface area contributed by atoms with Gasteiger partial charge in [0.15, 0.2) is 0 Å². The minimum absolute atomic E-state index is 0.142. The molecule has 4 aromatic rings. The van der Waals surface area contributed by atoms with Gasteiger partial charge < -0.3 is 24.3 Å². The number of benzene rings is 2. The van der Waals surface area contributed by atoms with E-state index in [1.54, 1.807) is 12.5 Å². The normalized spacial score (nSPS) is 14.7. The Labute approximate surface area is 299 Å². The lowest BCUT2D eigenvalue weighted by Gasteiger charge is -2.29. The molecule has 1 aliphatic heterocycles. The summed E-state index contributed by atoms with van der Waals surface area (Å²) in [5, 5.41) is 3.08. The van der Waals surface area contributed by atoms with Crippen molar-refractivity contribution in [2.24, 2.45) is 5.92 Å². The van der Waals surface area contributed by atoms with Crippen LogP contribution in [0.5, 0.6) is 5.75 Å². The molecule has 0 spiro atoms. The Morgan fingerprint density at radius 1 is 0.980 bits per heavy atom. The Kier molecular flexibility index (Phi) is 13.8. The van der Waals surface area contributed by atoms with Gasteiger partial charge in [-0.2, -0.15) is 0 Å². The zero-order valence-electron chi connectivity index (χ0n) is 29.9. The first-order chi connectivity index (χ1) is 24.3. The predicted octanol–water partition coefficient (Wildman–Crippen LogP) is 8.14. The van der Waals surface area contributed by atoms with E-state index in [1.807, 2.05) is 65.4 Å². The molecule has 10 heteroatoms. The number of fused-ring (bicyclic) bond motifs is 1. The number of nitrogens with one attached hydrogen (secondary N) is 1. The number of rotatable bonds is 17. The summed E-state index contributed by atoms with van der Waals surface area (Å²) >= 11 is 0. The first-order valence-corrected chi connectivity index (χ1v) is 19.2. The van der Waals surface area contributed by atoms with E-state index >= 15 is 0 Å². The fourth-order valence-corrected chi connectivity index (χ4v) is 7.08. The molecule has 266 valence electrons. The van der Waals surface area contributed by atoms with Crippen molar-refractivity contribution in [2.75, 3.05) is 43.1 Å². The third-order valence-corrected chi connectivity index (χ3v) is 9.87. The number of aryl methyl sites for hydroxylation is 1. The summed E-state index contributed by atoms with van der Waals surface area (Å²) in [4.78, 5) is 25.9. The Balaban J connectivity index is 1.30. The smallest absolute Gasteiger partial charge is 0.251 e. The van der Waals surface area contributed by atoms with Crippen LogP contribution in [0.2, 0.25) is 0 Å². The summed E-state index contributed by atoms with van der Waals surface area (Å²) in [5.74, 6) is 2.41. The van der Waals surface area contributed by atoms with E-state index in [0.29, 0.717) is 47.5 Å². The lowest BCUT2D eigenvalue weighted by Crippen LogP contribution is -2.31. The van der Waals surface area contributed by atoms with Crippen LogP contribution in [-0.4, -0.2) is 57.6 Å². The molecule has 5 rings (SSSR count). The third kappa shape index (κ3) is 10.4. The maximum absolute atomic E-state index is 13.7. The second-order valence-corrected chi connectivity index (χ2v) is 14.6. The van der Waals surface area contributed by atoms with Crippen molar-refractivity contribution in [3.63, 3.8) is 0 Å². The van der Waals surface area contributed by atoms with E-state index < -0.39 is 10.8 Å². The van der Waals surface area contributed by atoms with Crippen LogP contribution in [0.1, 0.15) is 71.1 Å². The molecule has 1 amide bonds. The van der Waals surface area contributed by atoms with Crippen LogP contribution < -0.4 is 15.0 Å². The van der Waals surface area contributed by atoms with Crippen LogP contribution in [0, 0.1) is 5.92 Å². The number of imidazole rings is 1. The highest BCUT2D eigenvalue weighted by Crippen LogP contribution is 2.31. The maximum Gasteiger partial charge on any atom is 0.251 e. The molecule has 0 saturated carbocycles. The van der Waals surface area contributed by atoms with Gasteiger partial charge >= 0.3 is 0 Å². The second kappa shape index (κ2) is 18.6. The summed E-state index contributed by atoms with van der Waals surface area (Å²) in [7, 11) is -1.22. The molecule has 1 N–H and O–H groups in total. The molecule has 3 heterocycles. The molecule has 0 fully saturated rings. The van der Waals surface area contributed by atoms with Gasteiger partial charge in [0.2, 0.25) is 0 Å². The minimum atomic E-state index is -1.22. The average molecular weight is 698 g/mol. The highest BCUT2D eigenvalue weighted by Gasteiger charge is 2.21. The number of carbonyl (C=O) groups is 1. The molecule has 50 heavy (non-hydrogen) atoms. The van der Waals surface area contributed by atoms with Gasteiger partial charge in [0, 0.05) is 65.9 Å². The van der Waals surface area contributed by atoms with Crippen LogP contribution >= 0.6 is 0 Å². The number of unbranched alkanes of at least 4 members (excludes halogenated alkanes) is 1. The number of nitrogens with zero attached hydrogens (tertiary/aromatic N) is 4. The Morgan fingerprint density at radius 3 is 2.52 bits per heavy atom. The first-order valence-electron chi connectivity index (χ1n) is 17.9. The lowest BCUT2D eigenvalue weighted by atomic mass is 9.99. The van der Waals surface area contributed by atoms with Gasteiger partial charge in [-0.15, -0.1) is 0 Å². The largest absolute Gasteiger partial charge is 0.491 e. The van der Waals surface area contributed by atoms with Gasteiger partial charge in [0.25, 0.3) is 5.91 Å². The Bertz CT molecular complexity index is 1730. The van der Waals surface area contributed by atoms with Crippen LogP contribution in [-0.2, 0) is 32.6 Å². The van der Waals surface area contributed by atoms with Gasteiger partial charge in [-0.3, -0.25) is 9.00 Å². The van der Waals surface area contributed by atoms with Gasteiger partial charge in [-0.05, 0) is 85.7 Å². The Hall–Kier alpha value is -4.28. The highest BCUT2D eigenvalue weighted by molar-refractivity contribution is 7.84. The highest BCUT2D eigenvalue weighted by atomic mass is 32.2. The van der Waals surface area contributed by atoms with Gasteiger partial charge in [-0.1, -0.05) is 46.2 Å². The molecular weight excluding hydrogens is 647 g/mol. The van der Waals surface area contributed by atoms with Gasteiger partial charge in [0.1, 0.15) is 18.2 Å². The molecule has 2 aromatic heterocycles. The number of anilines is 2. The quantitative estimate of drug-likeness (QED) is 0.111. The fraction of sp³-hybridized carbons (Fsp3) is 0.425. The number of pyridine rings is 1. The molecule has 0 radical (unpaired) electrons. The zero-order chi connectivity index (χ0) is 35.3. The van der Waals surface area contributed by atoms with E-state index in [2.05, 4.69) is 49.0 Å². The SMILES string of the molecule is CCCCOCCOc1ccc(-c2cnc3c(c2)/C=C(/C(=O)Nc2ccc(S(=O)Cc4cncn4CCC)cc2)CCCN3CC(C)C)cc1. The van der Waals surface area contributed by atoms with Crippen molar-refractivity contribution < 1.29 is 18.5 Å². The molecule has 1 atom stereocenters. The predicted molar refractivity (Wildman–Crippen MR) is 203 cm³/mol. The molecule has 1 aliphatic rings. The monoisotopic (exact) mass is 697 g/mol. The molecule has 0 bridgehead atoms. The lowest BCUT2D eigenvalue weighted by molar-refractivity contribution is -0.112. The molecular formula is C40H51N5O4S. The summed E-state index contributed by atoms with van der Waals surface area (Å²) in [5.41, 5.74) is 5.24. The number of aromatic nitrogens is 3. The second-order valence-electron chi connectivity index (χ2n) is 13.1. The zero-order valence-corrected chi connectivity index (χ0v) is 30.7. The third-order valence-electron chi connectivity index (χ3n) is 8.52. The average Bonchev–Trinajstić information content (AvgIpc) is 3.54. The molecule has 0 saturated heterocycles. The van der Waals surface area contributed by atoms with Crippen molar-refractivity contribution in [3.05, 3.63) is 90.1 Å². The van der Waals surface area contributed by atoms with E-state index in [9.17, 15) is 9.00 Å². The van der Waals surface area contributed by atoms with E-state index in [-0.39, 0.29) is 5.91 Å². The van der Waals surface area contributed by atoms with E-state index in [0.717, 1.165) is 85.9 Å².